The van der Waals surface area contributed by atoms with Crippen molar-refractivity contribution in [2.45, 2.75) is 27.7 Å². The number of ether oxygens (including phenoxy) is 2. The number of rotatable bonds is 7. The van der Waals surface area contributed by atoms with Gasteiger partial charge in [-0.2, -0.15) is 0 Å². The summed E-state index contributed by atoms with van der Waals surface area (Å²) in [7, 11) is 0. The van der Waals surface area contributed by atoms with Gasteiger partial charge in [0, 0.05) is 23.0 Å². The maximum absolute atomic E-state index is 12.6. The third-order valence-electron chi connectivity index (χ3n) is 4.19. The van der Waals surface area contributed by atoms with Gasteiger partial charge in [0.2, 0.25) is 5.78 Å². The normalized spacial score (nSPS) is 10.4. The fourth-order valence-electron chi connectivity index (χ4n) is 2.91. The fraction of sp³-hybridized carbons (Fsp3) is 0.316. The number of carbonyl (C=O) groups excluding carboxylic acids is 3. The second kappa shape index (κ2) is 8.47. The molecule has 0 aliphatic rings. The molecule has 1 aromatic heterocycles. The van der Waals surface area contributed by atoms with Crippen LogP contribution in [0.25, 0.3) is 0 Å². The van der Waals surface area contributed by atoms with Gasteiger partial charge in [-0.1, -0.05) is 6.07 Å². The van der Waals surface area contributed by atoms with Crippen molar-refractivity contribution in [3.05, 3.63) is 62.0 Å². The lowest BCUT2D eigenvalue weighted by Crippen LogP contribution is -2.18. The molecule has 9 nitrogen and oxygen atoms in total. The standard InChI is InChI=1S/C19H20N2O7/c1-5-27-19(24)17-12(4)20-11(3)16(17)15(22)9-28-18(23)13-7-6-8-14(10(13)2)21(25)26/h6-8,20H,5,9H2,1-4H3. The van der Waals surface area contributed by atoms with Crippen LogP contribution in [0.1, 0.15) is 54.9 Å². The zero-order valence-electron chi connectivity index (χ0n) is 16.0. The molecule has 0 fully saturated rings. The predicted molar refractivity (Wildman–Crippen MR) is 98.7 cm³/mol. The number of aromatic amines is 1. The average molecular weight is 388 g/mol. The number of nitro groups is 1. The molecule has 28 heavy (non-hydrogen) atoms. The molecule has 0 atom stereocenters. The molecule has 2 rings (SSSR count). The summed E-state index contributed by atoms with van der Waals surface area (Å²) in [6.45, 7) is 5.86. The second-order valence-electron chi connectivity index (χ2n) is 6.05. The molecule has 1 N–H and O–H groups in total. The molecule has 0 bridgehead atoms. The van der Waals surface area contributed by atoms with E-state index in [-0.39, 0.29) is 34.5 Å². The van der Waals surface area contributed by atoms with Crippen molar-refractivity contribution in [3.8, 4) is 0 Å². The maximum atomic E-state index is 12.6. The highest BCUT2D eigenvalue weighted by atomic mass is 16.6. The second-order valence-corrected chi connectivity index (χ2v) is 6.05. The van der Waals surface area contributed by atoms with Crippen molar-refractivity contribution in [2.75, 3.05) is 13.2 Å². The van der Waals surface area contributed by atoms with Gasteiger partial charge in [0.25, 0.3) is 5.69 Å². The number of nitro benzene ring substituents is 1. The molecular weight excluding hydrogens is 368 g/mol. The van der Waals surface area contributed by atoms with Crippen LogP contribution in [0.3, 0.4) is 0 Å². The van der Waals surface area contributed by atoms with Gasteiger partial charge in [0.05, 0.1) is 28.2 Å². The first-order chi connectivity index (χ1) is 13.2. The third kappa shape index (κ3) is 4.08. The molecule has 0 spiro atoms. The van der Waals surface area contributed by atoms with E-state index in [2.05, 4.69) is 4.98 Å². The van der Waals surface area contributed by atoms with Gasteiger partial charge < -0.3 is 14.5 Å². The Morgan fingerprint density at radius 3 is 2.29 bits per heavy atom. The summed E-state index contributed by atoms with van der Waals surface area (Å²) < 4.78 is 10.0. The molecule has 0 saturated heterocycles. The van der Waals surface area contributed by atoms with Crippen LogP contribution >= 0.6 is 0 Å². The summed E-state index contributed by atoms with van der Waals surface area (Å²) in [5.74, 6) is -2.09. The summed E-state index contributed by atoms with van der Waals surface area (Å²) in [6.07, 6.45) is 0. The van der Waals surface area contributed by atoms with Crippen LogP contribution in [0.2, 0.25) is 0 Å². The Labute approximate surface area is 160 Å². The van der Waals surface area contributed by atoms with Gasteiger partial charge >= 0.3 is 11.9 Å². The van der Waals surface area contributed by atoms with Gasteiger partial charge in [0.1, 0.15) is 0 Å². The Hall–Kier alpha value is -3.49. The third-order valence-corrected chi connectivity index (χ3v) is 4.19. The number of aromatic nitrogens is 1. The minimum atomic E-state index is -0.864. The molecule has 2 aromatic rings. The Morgan fingerprint density at radius 1 is 1.04 bits per heavy atom. The highest BCUT2D eigenvalue weighted by Gasteiger charge is 2.26. The number of aryl methyl sites for hydroxylation is 2. The number of H-pyrrole nitrogens is 1. The van der Waals surface area contributed by atoms with Crippen LogP contribution in [-0.4, -0.2) is 40.8 Å². The maximum Gasteiger partial charge on any atom is 0.340 e. The van der Waals surface area contributed by atoms with Crippen molar-refractivity contribution < 1.29 is 28.8 Å². The van der Waals surface area contributed by atoms with Gasteiger partial charge in [-0.25, -0.2) is 9.59 Å². The number of hydrogen-bond donors (Lipinski definition) is 1. The van der Waals surface area contributed by atoms with Gasteiger partial charge in [-0.15, -0.1) is 0 Å². The van der Waals surface area contributed by atoms with Gasteiger partial charge in [-0.3, -0.25) is 14.9 Å². The number of nitrogens with zero attached hydrogens (tertiary/aromatic N) is 1. The fourth-order valence-corrected chi connectivity index (χ4v) is 2.91. The Bertz CT molecular complexity index is 959. The molecular formula is C19H20N2O7. The van der Waals surface area contributed by atoms with E-state index in [1.165, 1.54) is 25.1 Å². The highest BCUT2D eigenvalue weighted by molar-refractivity contribution is 6.09. The number of benzene rings is 1. The van der Waals surface area contributed by atoms with E-state index >= 15 is 0 Å². The number of Topliss-reactive ketones (excluding diaryl/α,β-unsaturated/α-hetero) is 1. The highest BCUT2D eigenvalue weighted by Crippen LogP contribution is 2.23. The Balaban J connectivity index is 2.22. The largest absolute Gasteiger partial charge is 0.462 e. The lowest BCUT2D eigenvalue weighted by atomic mass is 10.0. The minimum Gasteiger partial charge on any atom is -0.462 e. The number of ketones is 1. The molecule has 0 aliphatic heterocycles. The zero-order chi connectivity index (χ0) is 21.0. The Morgan fingerprint density at radius 2 is 1.68 bits per heavy atom. The minimum absolute atomic E-state index is 0.00501. The van der Waals surface area contributed by atoms with E-state index in [0.717, 1.165) is 0 Å². The average Bonchev–Trinajstić information content (AvgIpc) is 2.93. The molecule has 0 saturated carbocycles. The van der Waals surface area contributed by atoms with E-state index in [1.54, 1.807) is 20.8 Å². The predicted octanol–water partition coefficient (Wildman–Crippen LogP) is 3.06. The molecule has 0 aliphatic carbocycles. The molecule has 1 heterocycles. The smallest absolute Gasteiger partial charge is 0.340 e. The first-order valence-electron chi connectivity index (χ1n) is 8.49. The van der Waals surface area contributed by atoms with Crippen LogP contribution in [0.4, 0.5) is 5.69 Å². The van der Waals surface area contributed by atoms with Crippen molar-refractivity contribution in [3.63, 3.8) is 0 Å². The molecule has 0 amide bonds. The monoisotopic (exact) mass is 388 g/mol. The van der Waals surface area contributed by atoms with Crippen LogP contribution in [0.15, 0.2) is 18.2 Å². The molecule has 0 radical (unpaired) electrons. The lowest BCUT2D eigenvalue weighted by molar-refractivity contribution is -0.385. The SMILES string of the molecule is CCOC(=O)c1c(C)[nH]c(C)c1C(=O)COC(=O)c1cccc([N+](=O)[O-])c1C. The number of carbonyl (C=O) groups is 3. The zero-order valence-corrected chi connectivity index (χ0v) is 16.0. The summed E-state index contributed by atoms with van der Waals surface area (Å²) in [5, 5.41) is 11.0. The Kier molecular flexibility index (Phi) is 6.29. The van der Waals surface area contributed by atoms with Crippen molar-refractivity contribution in [1.82, 2.24) is 4.98 Å². The van der Waals surface area contributed by atoms with E-state index < -0.39 is 29.3 Å². The van der Waals surface area contributed by atoms with Crippen LogP contribution in [0.5, 0.6) is 0 Å². The number of nitrogens with one attached hydrogen (secondary N) is 1. The molecule has 0 unspecified atom stereocenters. The summed E-state index contributed by atoms with van der Waals surface area (Å²) in [6, 6.07) is 4.02. The van der Waals surface area contributed by atoms with Crippen molar-refractivity contribution in [1.29, 1.82) is 0 Å². The number of hydrogen-bond acceptors (Lipinski definition) is 7. The molecule has 9 heteroatoms. The molecule has 148 valence electrons. The first kappa shape index (κ1) is 20.8. The van der Waals surface area contributed by atoms with Crippen LogP contribution < -0.4 is 0 Å². The van der Waals surface area contributed by atoms with Gasteiger partial charge in [0.15, 0.2) is 6.61 Å². The summed E-state index contributed by atoms with van der Waals surface area (Å²) in [5.41, 5.74) is 1.04. The summed E-state index contributed by atoms with van der Waals surface area (Å²) in [4.78, 5) is 50.3. The van der Waals surface area contributed by atoms with Gasteiger partial charge in [-0.05, 0) is 33.8 Å². The van der Waals surface area contributed by atoms with Crippen LogP contribution in [0, 0.1) is 30.9 Å². The first-order valence-corrected chi connectivity index (χ1v) is 8.49. The summed E-state index contributed by atoms with van der Waals surface area (Å²) >= 11 is 0. The van der Waals surface area contributed by atoms with E-state index in [0.29, 0.717) is 11.4 Å². The van der Waals surface area contributed by atoms with E-state index in [9.17, 15) is 24.5 Å². The van der Waals surface area contributed by atoms with Crippen molar-refractivity contribution in [2.24, 2.45) is 0 Å². The topological polar surface area (TPSA) is 129 Å². The number of esters is 2. The lowest BCUT2D eigenvalue weighted by Gasteiger charge is -2.08. The van der Waals surface area contributed by atoms with E-state index in [4.69, 9.17) is 9.47 Å². The van der Waals surface area contributed by atoms with Crippen LogP contribution in [-0.2, 0) is 9.47 Å². The van der Waals surface area contributed by atoms with Crippen molar-refractivity contribution >= 4 is 23.4 Å². The van der Waals surface area contributed by atoms with E-state index in [1.807, 2.05) is 0 Å². The molecule has 1 aromatic carbocycles. The quantitative estimate of drug-likeness (QED) is 0.334.